The predicted octanol–water partition coefficient (Wildman–Crippen LogP) is 8.45. The summed E-state index contributed by atoms with van der Waals surface area (Å²) in [4.78, 5) is 2.52. The van der Waals surface area contributed by atoms with Crippen LogP contribution >= 0.6 is 0 Å². The Kier molecular flexibility index (Phi) is 4.60. The molecule has 5 rings (SSSR count). The zero-order valence-corrected chi connectivity index (χ0v) is 21.5. The molecule has 0 bridgehead atoms. The van der Waals surface area contributed by atoms with Crippen molar-refractivity contribution in [3.8, 4) is 0 Å². The average Bonchev–Trinajstić information content (AvgIpc) is 2.86. The zero-order valence-electron chi connectivity index (χ0n) is 21.5. The largest absolute Gasteiger partial charge is 0.354 e. The number of hydrogen-bond donors (Lipinski definition) is 1. The molecule has 3 aromatic carbocycles. The van der Waals surface area contributed by atoms with Crippen LogP contribution in [0.5, 0.6) is 0 Å². The van der Waals surface area contributed by atoms with Gasteiger partial charge in [0.1, 0.15) is 0 Å². The summed E-state index contributed by atoms with van der Waals surface area (Å²) in [6, 6.07) is 24.6. The number of rotatable bonds is 1. The van der Waals surface area contributed by atoms with Crippen molar-refractivity contribution in [1.82, 2.24) is 0 Å². The van der Waals surface area contributed by atoms with Gasteiger partial charge in [-0.15, -0.1) is 0 Å². The molecular formula is C31H38N2. The molecule has 1 heterocycles. The van der Waals surface area contributed by atoms with Crippen molar-refractivity contribution in [2.24, 2.45) is 5.41 Å². The molecule has 0 saturated carbocycles. The van der Waals surface area contributed by atoms with Gasteiger partial charge in [0, 0.05) is 23.3 Å². The smallest absolute Gasteiger partial charge is 0.0653 e. The first-order chi connectivity index (χ1) is 15.4. The number of para-hydroxylation sites is 2. The Morgan fingerprint density at radius 1 is 0.636 bits per heavy atom. The van der Waals surface area contributed by atoms with E-state index in [0.29, 0.717) is 0 Å². The van der Waals surface area contributed by atoms with Gasteiger partial charge >= 0.3 is 0 Å². The zero-order chi connectivity index (χ0) is 23.8. The maximum Gasteiger partial charge on any atom is 0.0653 e. The molecule has 0 fully saturated rings. The normalized spacial score (nSPS) is 21.2. The van der Waals surface area contributed by atoms with Crippen molar-refractivity contribution in [2.45, 2.75) is 71.6 Å². The number of benzene rings is 3. The molecule has 2 nitrogen and oxygen atoms in total. The quantitative estimate of drug-likeness (QED) is 0.410. The average molecular weight is 439 g/mol. The van der Waals surface area contributed by atoms with E-state index in [9.17, 15) is 0 Å². The fraction of sp³-hybridized carbons (Fsp3) is 0.419. The molecule has 3 aromatic rings. The summed E-state index contributed by atoms with van der Waals surface area (Å²) < 4.78 is 0. The molecule has 2 aliphatic rings. The van der Waals surface area contributed by atoms with Crippen molar-refractivity contribution in [1.29, 1.82) is 0 Å². The van der Waals surface area contributed by atoms with Crippen LogP contribution in [0.4, 0.5) is 22.7 Å². The number of hydrogen-bond acceptors (Lipinski definition) is 2. The molecule has 0 spiro atoms. The molecule has 2 heteroatoms. The highest BCUT2D eigenvalue weighted by Crippen LogP contribution is 2.63. The lowest BCUT2D eigenvalue weighted by Gasteiger charge is -2.44. The summed E-state index contributed by atoms with van der Waals surface area (Å²) in [6.07, 6.45) is 0. The van der Waals surface area contributed by atoms with Crippen LogP contribution in [0.15, 0.2) is 66.7 Å². The van der Waals surface area contributed by atoms with Crippen molar-refractivity contribution >= 4 is 22.7 Å². The Balaban J connectivity index is 1.81. The van der Waals surface area contributed by atoms with Gasteiger partial charge in [0.2, 0.25) is 0 Å². The third-order valence-electron chi connectivity index (χ3n) is 9.45. The van der Waals surface area contributed by atoms with Gasteiger partial charge in [-0.3, -0.25) is 0 Å². The Labute approximate surface area is 200 Å². The van der Waals surface area contributed by atoms with Crippen LogP contribution in [0.2, 0.25) is 0 Å². The summed E-state index contributed by atoms with van der Waals surface area (Å²) >= 11 is 0. The van der Waals surface area contributed by atoms with Gasteiger partial charge in [0.25, 0.3) is 0 Å². The Bertz CT molecular complexity index is 1210. The van der Waals surface area contributed by atoms with E-state index in [0.717, 1.165) is 6.54 Å². The minimum Gasteiger partial charge on any atom is -0.354 e. The molecule has 0 radical (unpaired) electrons. The van der Waals surface area contributed by atoms with Crippen molar-refractivity contribution < 1.29 is 0 Å². The van der Waals surface area contributed by atoms with Crippen LogP contribution in [0.1, 0.15) is 72.1 Å². The first-order valence-corrected chi connectivity index (χ1v) is 12.3. The lowest BCUT2D eigenvalue weighted by molar-refractivity contribution is 0.125. The second-order valence-corrected chi connectivity index (χ2v) is 12.3. The van der Waals surface area contributed by atoms with E-state index >= 15 is 0 Å². The standard InChI is InChI=1S/C31H38N2/c1-28(2)20-33(21-14-10-9-11-15-21)27-19-24-23(29(3,4)31(7,8)30(24,5)6)18-26(27)32-25-17-13-12-16-22(25)28/h9-19,32H,20H2,1-8H3. The molecule has 33 heavy (non-hydrogen) atoms. The van der Waals surface area contributed by atoms with E-state index in [1.165, 1.54) is 39.4 Å². The molecule has 0 unspecified atom stereocenters. The van der Waals surface area contributed by atoms with Gasteiger partial charge in [0.05, 0.1) is 11.4 Å². The van der Waals surface area contributed by atoms with Gasteiger partial charge in [-0.2, -0.15) is 0 Å². The van der Waals surface area contributed by atoms with Crippen LogP contribution in [-0.4, -0.2) is 6.54 Å². The first-order valence-electron chi connectivity index (χ1n) is 12.3. The molecule has 0 atom stereocenters. The van der Waals surface area contributed by atoms with E-state index in [1.807, 2.05) is 0 Å². The number of anilines is 4. The molecule has 0 aromatic heterocycles. The topological polar surface area (TPSA) is 15.3 Å². The summed E-state index contributed by atoms with van der Waals surface area (Å²) in [5.41, 5.74) is 9.47. The van der Waals surface area contributed by atoms with Crippen molar-refractivity contribution in [3.05, 3.63) is 83.4 Å². The highest BCUT2D eigenvalue weighted by atomic mass is 15.2. The van der Waals surface area contributed by atoms with Crippen LogP contribution in [0, 0.1) is 5.41 Å². The monoisotopic (exact) mass is 438 g/mol. The lowest BCUT2D eigenvalue weighted by atomic mass is 9.59. The van der Waals surface area contributed by atoms with Crippen LogP contribution in [0.3, 0.4) is 0 Å². The van der Waals surface area contributed by atoms with Crippen LogP contribution in [0.25, 0.3) is 0 Å². The lowest BCUT2D eigenvalue weighted by Crippen LogP contribution is -2.42. The Morgan fingerprint density at radius 2 is 1.21 bits per heavy atom. The summed E-state index contributed by atoms with van der Waals surface area (Å²) in [5.74, 6) is 0. The van der Waals surface area contributed by atoms with E-state index < -0.39 is 0 Å². The van der Waals surface area contributed by atoms with Gasteiger partial charge in [0.15, 0.2) is 0 Å². The van der Waals surface area contributed by atoms with Crippen molar-refractivity contribution in [3.63, 3.8) is 0 Å². The molecule has 0 amide bonds. The fourth-order valence-corrected chi connectivity index (χ4v) is 6.13. The van der Waals surface area contributed by atoms with Crippen LogP contribution < -0.4 is 10.2 Å². The summed E-state index contributed by atoms with van der Waals surface area (Å²) in [7, 11) is 0. The van der Waals surface area contributed by atoms with E-state index in [1.54, 1.807) is 0 Å². The molecule has 172 valence electrons. The van der Waals surface area contributed by atoms with Crippen LogP contribution in [-0.2, 0) is 16.2 Å². The molecule has 1 aliphatic heterocycles. The number of nitrogens with one attached hydrogen (secondary N) is 1. The molecule has 1 N–H and O–H groups in total. The predicted molar refractivity (Wildman–Crippen MR) is 142 cm³/mol. The second-order valence-electron chi connectivity index (χ2n) is 12.3. The number of fused-ring (bicyclic) bond motifs is 3. The minimum atomic E-state index is -0.0236. The van der Waals surface area contributed by atoms with E-state index in [4.69, 9.17) is 0 Å². The van der Waals surface area contributed by atoms with Gasteiger partial charge in [-0.25, -0.2) is 0 Å². The SMILES string of the molecule is CC1(C)CN(c2ccccc2)c2cc3c(cc2Nc2ccccc21)C(C)(C)C(C)(C)C3(C)C. The van der Waals surface area contributed by atoms with Gasteiger partial charge in [-0.1, -0.05) is 91.8 Å². The molecule has 1 aliphatic carbocycles. The second kappa shape index (κ2) is 6.88. The fourth-order valence-electron chi connectivity index (χ4n) is 6.13. The summed E-state index contributed by atoms with van der Waals surface area (Å²) in [5, 5.41) is 3.88. The summed E-state index contributed by atoms with van der Waals surface area (Å²) in [6.45, 7) is 20.2. The minimum absolute atomic E-state index is 0.0236. The highest BCUT2D eigenvalue weighted by molar-refractivity contribution is 5.85. The first kappa shape index (κ1) is 22.1. The molecular weight excluding hydrogens is 400 g/mol. The highest BCUT2D eigenvalue weighted by Gasteiger charge is 2.57. The van der Waals surface area contributed by atoms with E-state index in [2.05, 4.69) is 132 Å². The van der Waals surface area contributed by atoms with Crippen molar-refractivity contribution in [2.75, 3.05) is 16.8 Å². The van der Waals surface area contributed by atoms with E-state index in [-0.39, 0.29) is 21.7 Å². The van der Waals surface area contributed by atoms with Gasteiger partial charge in [-0.05, 0) is 63.3 Å². The third-order valence-corrected chi connectivity index (χ3v) is 9.45. The number of nitrogens with zero attached hydrogens (tertiary/aromatic N) is 1. The Morgan fingerprint density at radius 3 is 1.88 bits per heavy atom. The Hall–Kier alpha value is -2.74. The molecule has 0 saturated heterocycles. The maximum absolute atomic E-state index is 3.88. The van der Waals surface area contributed by atoms with Gasteiger partial charge < -0.3 is 10.2 Å². The maximum atomic E-state index is 3.88. The third kappa shape index (κ3) is 2.99.